The highest BCUT2D eigenvalue weighted by molar-refractivity contribution is 7.99. The van der Waals surface area contributed by atoms with Crippen LogP contribution in [0.1, 0.15) is 30.6 Å². The zero-order chi connectivity index (χ0) is 12.4. The van der Waals surface area contributed by atoms with Gasteiger partial charge in [-0.1, -0.05) is 6.92 Å². The van der Waals surface area contributed by atoms with Crippen molar-refractivity contribution in [2.45, 2.75) is 30.5 Å². The van der Waals surface area contributed by atoms with E-state index < -0.39 is 6.10 Å². The van der Waals surface area contributed by atoms with Crippen molar-refractivity contribution in [2.75, 3.05) is 14.2 Å². The Hall–Kier alpha value is -0.870. The number of hydrogen-bond donors (Lipinski definition) is 1. The van der Waals surface area contributed by atoms with E-state index >= 15 is 0 Å². The van der Waals surface area contributed by atoms with Crippen LogP contribution in [0.3, 0.4) is 0 Å². The Labute approximate surface area is 106 Å². The molecule has 0 saturated heterocycles. The maximum absolute atomic E-state index is 10.2. The first kappa shape index (κ1) is 12.6. The first-order valence-electron chi connectivity index (χ1n) is 5.70. The van der Waals surface area contributed by atoms with E-state index in [1.165, 1.54) is 0 Å². The molecule has 94 valence electrons. The molecule has 4 heteroatoms. The number of aliphatic hydroxyl groups is 1. The number of methoxy groups -OCH3 is 2. The Morgan fingerprint density at radius 1 is 1.24 bits per heavy atom. The smallest absolute Gasteiger partial charge is 0.161 e. The van der Waals surface area contributed by atoms with Crippen LogP contribution in [0.5, 0.6) is 11.5 Å². The Morgan fingerprint density at radius 2 is 1.88 bits per heavy atom. The first-order valence-corrected chi connectivity index (χ1v) is 6.75. The van der Waals surface area contributed by atoms with Gasteiger partial charge < -0.3 is 14.6 Å². The maximum Gasteiger partial charge on any atom is 0.161 e. The fourth-order valence-electron chi connectivity index (χ4n) is 2.11. The molecule has 0 aliphatic carbocycles. The van der Waals surface area contributed by atoms with Gasteiger partial charge in [-0.2, -0.15) is 11.8 Å². The lowest BCUT2D eigenvalue weighted by atomic mass is 9.99. The second-order valence-electron chi connectivity index (χ2n) is 4.28. The van der Waals surface area contributed by atoms with Crippen LogP contribution in [0.4, 0.5) is 0 Å². The van der Waals surface area contributed by atoms with Crippen LogP contribution in [-0.4, -0.2) is 24.6 Å². The van der Waals surface area contributed by atoms with Gasteiger partial charge in [-0.05, 0) is 29.7 Å². The highest BCUT2D eigenvalue weighted by Crippen LogP contribution is 2.40. The van der Waals surface area contributed by atoms with E-state index in [1.807, 2.05) is 23.9 Å². The molecule has 1 aromatic rings. The van der Waals surface area contributed by atoms with Crippen molar-refractivity contribution in [1.29, 1.82) is 0 Å². The third-order valence-corrected chi connectivity index (χ3v) is 4.32. The van der Waals surface area contributed by atoms with Gasteiger partial charge in [0, 0.05) is 11.0 Å². The molecule has 0 amide bonds. The third kappa shape index (κ3) is 2.53. The molecule has 17 heavy (non-hydrogen) atoms. The summed E-state index contributed by atoms with van der Waals surface area (Å²) in [6.07, 6.45) is 0.377. The SMILES string of the molecule is COc1cc2c(cc1OC)C(O)CC(C)SC2. The van der Waals surface area contributed by atoms with E-state index in [2.05, 4.69) is 6.92 Å². The maximum atomic E-state index is 10.2. The predicted octanol–water partition coefficient (Wildman–Crippen LogP) is 2.76. The van der Waals surface area contributed by atoms with Gasteiger partial charge in [0.2, 0.25) is 0 Å². The van der Waals surface area contributed by atoms with Gasteiger partial charge in [0.05, 0.1) is 20.3 Å². The van der Waals surface area contributed by atoms with Crippen LogP contribution in [0, 0.1) is 0 Å². The van der Waals surface area contributed by atoms with E-state index in [4.69, 9.17) is 9.47 Å². The molecule has 0 spiro atoms. The molecule has 0 bridgehead atoms. The van der Waals surface area contributed by atoms with Crippen molar-refractivity contribution in [2.24, 2.45) is 0 Å². The summed E-state index contributed by atoms with van der Waals surface area (Å²) in [6.45, 7) is 2.15. The van der Waals surface area contributed by atoms with Crippen LogP contribution < -0.4 is 9.47 Å². The zero-order valence-electron chi connectivity index (χ0n) is 10.4. The molecular formula is C13H18O3S. The first-order chi connectivity index (χ1) is 8.15. The van der Waals surface area contributed by atoms with Crippen molar-refractivity contribution >= 4 is 11.8 Å². The Balaban J connectivity index is 2.45. The van der Waals surface area contributed by atoms with Crippen LogP contribution in [0.2, 0.25) is 0 Å². The molecule has 0 fully saturated rings. The van der Waals surface area contributed by atoms with Crippen molar-refractivity contribution in [3.05, 3.63) is 23.3 Å². The van der Waals surface area contributed by atoms with Gasteiger partial charge in [-0.3, -0.25) is 0 Å². The summed E-state index contributed by atoms with van der Waals surface area (Å²) >= 11 is 1.86. The number of aliphatic hydroxyl groups excluding tert-OH is 1. The van der Waals surface area contributed by atoms with E-state index in [0.29, 0.717) is 11.0 Å². The number of rotatable bonds is 2. The summed E-state index contributed by atoms with van der Waals surface area (Å²) in [5, 5.41) is 10.7. The van der Waals surface area contributed by atoms with Crippen LogP contribution in [-0.2, 0) is 5.75 Å². The normalized spacial score (nSPS) is 23.8. The summed E-state index contributed by atoms with van der Waals surface area (Å²) in [7, 11) is 3.25. The number of thioether (sulfide) groups is 1. The fourth-order valence-corrected chi connectivity index (χ4v) is 3.15. The van der Waals surface area contributed by atoms with Gasteiger partial charge in [0.1, 0.15) is 0 Å². The molecular weight excluding hydrogens is 236 g/mol. The fraction of sp³-hybridized carbons (Fsp3) is 0.538. The van der Waals surface area contributed by atoms with Crippen molar-refractivity contribution < 1.29 is 14.6 Å². The molecule has 2 rings (SSSR count). The molecule has 1 aromatic carbocycles. The molecule has 1 aliphatic rings. The molecule has 2 atom stereocenters. The lowest BCUT2D eigenvalue weighted by Crippen LogP contribution is -2.04. The largest absolute Gasteiger partial charge is 0.493 e. The van der Waals surface area contributed by atoms with E-state index in [0.717, 1.165) is 29.1 Å². The summed E-state index contributed by atoms with van der Waals surface area (Å²) < 4.78 is 10.6. The summed E-state index contributed by atoms with van der Waals surface area (Å²) in [5.41, 5.74) is 2.11. The topological polar surface area (TPSA) is 38.7 Å². The molecule has 0 saturated carbocycles. The number of ether oxygens (including phenoxy) is 2. The van der Waals surface area contributed by atoms with Gasteiger partial charge in [-0.15, -0.1) is 0 Å². The lowest BCUT2D eigenvalue weighted by molar-refractivity contribution is 0.168. The zero-order valence-corrected chi connectivity index (χ0v) is 11.2. The lowest BCUT2D eigenvalue weighted by Gasteiger charge is -2.16. The molecule has 0 aromatic heterocycles. The average Bonchev–Trinajstić information content (AvgIpc) is 2.47. The minimum atomic E-state index is -0.408. The molecule has 1 N–H and O–H groups in total. The molecule has 2 unspecified atom stereocenters. The van der Waals surface area contributed by atoms with E-state index in [9.17, 15) is 5.11 Å². The quantitative estimate of drug-likeness (QED) is 0.880. The Morgan fingerprint density at radius 3 is 2.53 bits per heavy atom. The molecule has 0 radical (unpaired) electrons. The van der Waals surface area contributed by atoms with E-state index in [1.54, 1.807) is 14.2 Å². The molecule has 1 heterocycles. The van der Waals surface area contributed by atoms with Gasteiger partial charge in [-0.25, -0.2) is 0 Å². The molecule has 1 aliphatic heterocycles. The van der Waals surface area contributed by atoms with Gasteiger partial charge in [0.15, 0.2) is 11.5 Å². The van der Waals surface area contributed by atoms with Crippen LogP contribution >= 0.6 is 11.8 Å². The summed E-state index contributed by atoms with van der Waals surface area (Å²) in [4.78, 5) is 0. The predicted molar refractivity (Wildman–Crippen MR) is 69.9 cm³/mol. The van der Waals surface area contributed by atoms with Crippen LogP contribution in [0.25, 0.3) is 0 Å². The second kappa shape index (κ2) is 5.19. The van der Waals surface area contributed by atoms with E-state index in [-0.39, 0.29) is 0 Å². The third-order valence-electron chi connectivity index (χ3n) is 3.08. The van der Waals surface area contributed by atoms with Gasteiger partial charge >= 0.3 is 0 Å². The minimum Gasteiger partial charge on any atom is -0.493 e. The highest BCUT2D eigenvalue weighted by atomic mass is 32.2. The highest BCUT2D eigenvalue weighted by Gasteiger charge is 2.23. The Kier molecular flexibility index (Phi) is 3.84. The Bertz CT molecular complexity index is 406. The summed E-state index contributed by atoms with van der Waals surface area (Å²) in [5.74, 6) is 2.33. The standard InChI is InChI=1S/C13H18O3S/c1-8-4-11(14)10-6-13(16-3)12(15-2)5-9(10)7-17-8/h5-6,8,11,14H,4,7H2,1-3H3. The monoisotopic (exact) mass is 254 g/mol. The summed E-state index contributed by atoms with van der Waals surface area (Å²) in [6, 6.07) is 3.87. The van der Waals surface area contributed by atoms with Gasteiger partial charge in [0.25, 0.3) is 0 Å². The number of benzene rings is 1. The number of hydrogen-bond acceptors (Lipinski definition) is 4. The van der Waals surface area contributed by atoms with Crippen molar-refractivity contribution in [3.63, 3.8) is 0 Å². The molecule has 3 nitrogen and oxygen atoms in total. The number of fused-ring (bicyclic) bond motifs is 1. The average molecular weight is 254 g/mol. The van der Waals surface area contributed by atoms with Crippen molar-refractivity contribution in [1.82, 2.24) is 0 Å². The van der Waals surface area contributed by atoms with Crippen LogP contribution in [0.15, 0.2) is 12.1 Å². The van der Waals surface area contributed by atoms with Crippen molar-refractivity contribution in [3.8, 4) is 11.5 Å². The second-order valence-corrected chi connectivity index (χ2v) is 5.71. The minimum absolute atomic E-state index is 0.408.